The molecule has 0 saturated heterocycles. The van der Waals surface area contributed by atoms with Gasteiger partial charge in [-0.3, -0.25) is 0 Å². The monoisotopic (exact) mass is 278 g/mol. The van der Waals surface area contributed by atoms with Crippen LogP contribution in [0, 0.1) is 0 Å². The molecule has 1 N–H and O–H groups in total. The molecule has 0 aromatic carbocycles. The molecule has 20 heavy (non-hydrogen) atoms. The van der Waals surface area contributed by atoms with E-state index in [-0.39, 0.29) is 29.0 Å². The summed E-state index contributed by atoms with van der Waals surface area (Å²) < 4.78 is 11.1. The number of aromatic nitrogens is 1. The molecule has 0 atom stereocenters. The van der Waals surface area contributed by atoms with E-state index in [9.17, 15) is 9.90 Å². The molecule has 6 heteroatoms. The molecule has 0 unspecified atom stereocenters. The highest BCUT2D eigenvalue weighted by atomic mass is 16.5. The quantitative estimate of drug-likeness (QED) is 0.912. The maximum absolute atomic E-state index is 11.4. The molecule has 6 nitrogen and oxygen atoms in total. The van der Waals surface area contributed by atoms with Crippen LogP contribution < -0.4 is 4.74 Å². The van der Waals surface area contributed by atoms with Gasteiger partial charge in [-0.15, -0.1) is 0 Å². The second kappa shape index (κ2) is 5.11. The Morgan fingerprint density at radius 2 is 2.20 bits per heavy atom. The normalized spacial score (nSPS) is 16.8. The first kappa shape index (κ1) is 14.3. The fourth-order valence-corrected chi connectivity index (χ4v) is 1.85. The molecular formula is C14H18N2O4. The predicted octanol–water partition coefficient (Wildman–Crippen LogP) is 2.12. The molecule has 0 fully saturated rings. The second-order valence-electron chi connectivity index (χ2n) is 5.53. The number of aliphatic imine (C=N–C) groups is 1. The van der Waals surface area contributed by atoms with Gasteiger partial charge in [0.05, 0.1) is 17.2 Å². The highest BCUT2D eigenvalue weighted by Gasteiger charge is 2.32. The Kier molecular flexibility index (Phi) is 3.65. The van der Waals surface area contributed by atoms with Gasteiger partial charge in [0.1, 0.15) is 12.2 Å². The summed E-state index contributed by atoms with van der Waals surface area (Å²) in [6, 6.07) is 1.42. The summed E-state index contributed by atoms with van der Waals surface area (Å²) in [6.07, 6.45) is 1.28. The zero-order valence-corrected chi connectivity index (χ0v) is 12.0. The minimum atomic E-state index is -1.06. The number of aromatic carboxylic acids is 1. The molecule has 1 aliphatic rings. The van der Waals surface area contributed by atoms with Crippen LogP contribution in [0.15, 0.2) is 17.3 Å². The zero-order chi connectivity index (χ0) is 14.9. The Hall–Kier alpha value is -2.11. The van der Waals surface area contributed by atoms with Gasteiger partial charge >= 0.3 is 5.97 Å². The van der Waals surface area contributed by atoms with Crippen molar-refractivity contribution >= 4 is 11.9 Å². The van der Waals surface area contributed by atoms with Crippen molar-refractivity contribution in [2.24, 2.45) is 4.99 Å². The van der Waals surface area contributed by atoms with Gasteiger partial charge in [-0.05, 0) is 33.8 Å². The van der Waals surface area contributed by atoms with Crippen LogP contribution in [0.5, 0.6) is 5.88 Å². The molecule has 0 bridgehead atoms. The van der Waals surface area contributed by atoms with Crippen molar-refractivity contribution in [3.05, 3.63) is 23.4 Å². The number of pyridine rings is 1. The van der Waals surface area contributed by atoms with Crippen LogP contribution in [0.4, 0.5) is 0 Å². The van der Waals surface area contributed by atoms with Crippen molar-refractivity contribution in [1.29, 1.82) is 0 Å². The molecule has 0 amide bonds. The summed E-state index contributed by atoms with van der Waals surface area (Å²) in [7, 11) is 0. The molecule has 0 radical (unpaired) electrons. The average Bonchev–Trinajstić information content (AvgIpc) is 2.68. The van der Waals surface area contributed by atoms with Gasteiger partial charge < -0.3 is 14.6 Å². The summed E-state index contributed by atoms with van der Waals surface area (Å²) in [5.41, 5.74) is 0.00198. The molecule has 108 valence electrons. The van der Waals surface area contributed by atoms with Crippen LogP contribution in [-0.4, -0.2) is 40.2 Å². The van der Waals surface area contributed by atoms with E-state index in [1.165, 1.54) is 12.3 Å². The number of ether oxygens (including phenoxy) is 2. The summed E-state index contributed by atoms with van der Waals surface area (Å²) in [4.78, 5) is 19.9. The first-order valence-electron chi connectivity index (χ1n) is 6.42. The third kappa shape index (κ3) is 2.89. The van der Waals surface area contributed by atoms with Crippen LogP contribution in [0.25, 0.3) is 0 Å². The topological polar surface area (TPSA) is 81.0 Å². The van der Waals surface area contributed by atoms with E-state index in [2.05, 4.69) is 9.98 Å². The highest BCUT2D eigenvalue weighted by Crippen LogP contribution is 2.28. The van der Waals surface area contributed by atoms with Gasteiger partial charge in [-0.2, -0.15) is 0 Å². The summed E-state index contributed by atoms with van der Waals surface area (Å²) in [5, 5.41) is 9.32. The van der Waals surface area contributed by atoms with E-state index in [0.717, 1.165) is 0 Å². The lowest BCUT2D eigenvalue weighted by Crippen LogP contribution is -2.17. The minimum absolute atomic E-state index is 0.0760. The fourth-order valence-electron chi connectivity index (χ4n) is 1.85. The zero-order valence-electron chi connectivity index (χ0n) is 12.0. The van der Waals surface area contributed by atoms with Crippen LogP contribution in [0.2, 0.25) is 0 Å². The van der Waals surface area contributed by atoms with Crippen molar-refractivity contribution in [2.45, 2.75) is 39.3 Å². The first-order valence-corrected chi connectivity index (χ1v) is 6.42. The lowest BCUT2D eigenvalue weighted by Gasteiger charge is -2.14. The second-order valence-corrected chi connectivity index (χ2v) is 5.53. The van der Waals surface area contributed by atoms with Crippen LogP contribution in [0.3, 0.4) is 0 Å². The Morgan fingerprint density at radius 3 is 2.70 bits per heavy atom. The van der Waals surface area contributed by atoms with Crippen LogP contribution >= 0.6 is 0 Å². The van der Waals surface area contributed by atoms with Gasteiger partial charge in [-0.1, -0.05) is 0 Å². The number of carboxylic acid groups (broad SMARTS) is 1. The number of rotatable bonds is 4. The maximum Gasteiger partial charge on any atom is 0.336 e. The van der Waals surface area contributed by atoms with E-state index < -0.39 is 5.97 Å². The fraction of sp³-hybridized carbons (Fsp3) is 0.500. The average molecular weight is 278 g/mol. The van der Waals surface area contributed by atoms with E-state index >= 15 is 0 Å². The van der Waals surface area contributed by atoms with E-state index in [1.54, 1.807) is 0 Å². The number of carbonyl (C=O) groups is 1. The minimum Gasteiger partial charge on any atom is -0.478 e. The van der Waals surface area contributed by atoms with Crippen LogP contribution in [-0.2, 0) is 4.74 Å². The van der Waals surface area contributed by atoms with Crippen molar-refractivity contribution in [1.82, 2.24) is 4.98 Å². The molecule has 1 aromatic rings. The molecule has 0 aliphatic carbocycles. The summed E-state index contributed by atoms with van der Waals surface area (Å²) >= 11 is 0. The number of nitrogens with zero attached hydrogens (tertiary/aromatic N) is 2. The molecule has 2 heterocycles. The molecular weight excluding hydrogens is 260 g/mol. The lowest BCUT2D eigenvalue weighted by molar-refractivity contribution is 0.0695. The Bertz CT molecular complexity index is 564. The molecule has 2 rings (SSSR count). The Labute approximate surface area is 117 Å². The smallest absolute Gasteiger partial charge is 0.336 e. The summed E-state index contributed by atoms with van der Waals surface area (Å²) in [5.74, 6) is -0.556. The molecule has 0 spiro atoms. The third-order valence-electron chi connectivity index (χ3n) is 2.67. The molecule has 1 aromatic heterocycles. The largest absolute Gasteiger partial charge is 0.478 e. The Balaban J connectivity index is 2.56. The van der Waals surface area contributed by atoms with E-state index in [1.807, 2.05) is 27.7 Å². The SMILES string of the molecule is CC(C)Oc1nccc(C(=O)O)c1C1=NC(C)(C)CO1. The van der Waals surface area contributed by atoms with E-state index in [4.69, 9.17) is 9.47 Å². The van der Waals surface area contributed by atoms with Gasteiger partial charge in [0.25, 0.3) is 0 Å². The number of hydrogen-bond donors (Lipinski definition) is 1. The Morgan fingerprint density at radius 1 is 1.50 bits per heavy atom. The summed E-state index contributed by atoms with van der Waals surface area (Å²) in [6.45, 7) is 7.93. The molecule has 0 saturated carbocycles. The van der Waals surface area contributed by atoms with Crippen LogP contribution in [0.1, 0.15) is 43.6 Å². The van der Waals surface area contributed by atoms with Gasteiger partial charge in [0.15, 0.2) is 0 Å². The standard InChI is InChI=1S/C14H18N2O4/c1-8(2)20-11-10(9(13(17)18)5-6-15-11)12-16-14(3,4)7-19-12/h5-6,8H,7H2,1-4H3,(H,17,18). The van der Waals surface area contributed by atoms with Gasteiger partial charge in [0, 0.05) is 6.20 Å². The van der Waals surface area contributed by atoms with Gasteiger partial charge in [-0.25, -0.2) is 14.8 Å². The number of carboxylic acids is 1. The van der Waals surface area contributed by atoms with Crippen molar-refractivity contribution < 1.29 is 19.4 Å². The van der Waals surface area contributed by atoms with E-state index in [0.29, 0.717) is 12.2 Å². The third-order valence-corrected chi connectivity index (χ3v) is 2.67. The highest BCUT2D eigenvalue weighted by molar-refractivity contribution is 6.07. The van der Waals surface area contributed by atoms with Crippen molar-refractivity contribution in [3.63, 3.8) is 0 Å². The van der Waals surface area contributed by atoms with Crippen molar-refractivity contribution in [2.75, 3.05) is 6.61 Å². The lowest BCUT2D eigenvalue weighted by atomic mass is 10.1. The maximum atomic E-state index is 11.4. The predicted molar refractivity (Wildman–Crippen MR) is 73.5 cm³/mol. The first-order chi connectivity index (χ1) is 9.30. The van der Waals surface area contributed by atoms with Crippen molar-refractivity contribution in [3.8, 4) is 5.88 Å². The number of hydrogen-bond acceptors (Lipinski definition) is 5. The van der Waals surface area contributed by atoms with Gasteiger partial charge in [0.2, 0.25) is 11.8 Å². The molecule has 1 aliphatic heterocycles.